The molecule has 7 nitrogen and oxygen atoms in total. The van der Waals surface area contributed by atoms with Crippen molar-refractivity contribution in [2.75, 3.05) is 12.3 Å². The van der Waals surface area contributed by atoms with Gasteiger partial charge in [-0.1, -0.05) is 12.1 Å². The molecule has 24 heavy (non-hydrogen) atoms. The molecule has 2 rings (SSSR count). The Hall–Kier alpha value is -2.84. The molecule has 0 aromatic heterocycles. The summed E-state index contributed by atoms with van der Waals surface area (Å²) in [7, 11) is -1.77. The molecule has 4 N–H and O–H groups in total. The van der Waals surface area contributed by atoms with Gasteiger partial charge in [0, 0.05) is 5.69 Å². The van der Waals surface area contributed by atoms with Crippen molar-refractivity contribution in [1.29, 1.82) is 0 Å². The van der Waals surface area contributed by atoms with E-state index in [1.807, 2.05) is 0 Å². The quantitative estimate of drug-likeness (QED) is 0.313. The fraction of sp³-hybridized carbons (Fsp3) is 0.125. The number of anilines is 1. The molecule has 0 aliphatic carbocycles. The maximum absolute atomic E-state index is 12.3. The molecule has 0 radical (unpaired) electrons. The first-order chi connectivity index (χ1) is 11.4. The lowest BCUT2D eigenvalue weighted by Crippen LogP contribution is -2.31. The molecule has 0 atom stereocenters. The number of para-hydroxylation sites is 1. The molecule has 0 saturated heterocycles. The fourth-order valence-electron chi connectivity index (χ4n) is 2.04. The zero-order valence-corrected chi connectivity index (χ0v) is 12.9. The largest absolute Gasteiger partial charge is 0.488 e. The van der Waals surface area contributed by atoms with E-state index in [0.717, 1.165) is 0 Å². The van der Waals surface area contributed by atoms with E-state index in [4.69, 9.17) is 15.2 Å². The van der Waals surface area contributed by atoms with Crippen LogP contribution in [-0.4, -0.2) is 35.7 Å². The molecule has 0 bridgehead atoms. The highest BCUT2D eigenvalue weighted by atomic mass is 16.5. The minimum Gasteiger partial charge on any atom is -0.462 e. The number of rotatable bonds is 5. The molecular formula is C16H16BNO6. The van der Waals surface area contributed by atoms with Gasteiger partial charge >= 0.3 is 19.1 Å². The number of carbonyl (C=O) groups is 2. The summed E-state index contributed by atoms with van der Waals surface area (Å²) in [6.07, 6.45) is 0. The van der Waals surface area contributed by atoms with Crippen LogP contribution in [0.25, 0.3) is 0 Å². The summed E-state index contributed by atoms with van der Waals surface area (Å²) in [6.45, 7) is 1.86. The van der Waals surface area contributed by atoms with Crippen LogP contribution in [0.4, 0.5) is 5.69 Å². The van der Waals surface area contributed by atoms with Crippen LogP contribution in [0.15, 0.2) is 42.5 Å². The van der Waals surface area contributed by atoms with Crippen LogP contribution in [0.5, 0.6) is 5.75 Å². The van der Waals surface area contributed by atoms with E-state index in [1.54, 1.807) is 19.1 Å². The summed E-state index contributed by atoms with van der Waals surface area (Å²) in [5.74, 6) is -1.37. The van der Waals surface area contributed by atoms with Gasteiger partial charge in [0.15, 0.2) is 0 Å². The Morgan fingerprint density at radius 2 is 1.83 bits per heavy atom. The second-order valence-electron chi connectivity index (χ2n) is 4.87. The maximum atomic E-state index is 12.3. The van der Waals surface area contributed by atoms with Crippen LogP contribution in [0, 0.1) is 0 Å². The molecule has 2 aromatic carbocycles. The van der Waals surface area contributed by atoms with Crippen molar-refractivity contribution >= 4 is 30.2 Å². The number of esters is 2. The van der Waals surface area contributed by atoms with Crippen molar-refractivity contribution in [1.82, 2.24) is 0 Å². The molecule has 0 unspecified atom stereocenters. The first-order valence-corrected chi connectivity index (χ1v) is 7.17. The third-order valence-corrected chi connectivity index (χ3v) is 3.10. The van der Waals surface area contributed by atoms with Gasteiger partial charge in [-0.3, -0.25) is 0 Å². The van der Waals surface area contributed by atoms with Gasteiger partial charge in [-0.05, 0) is 42.7 Å². The standard InChI is InChI=1S/C16H16BNO6/c1-2-23-16(20)13-5-3-4-6-14(13)24-15(19)10-7-11(17(21)22)9-12(18)8-10/h3-9,21-22H,2,18H2,1H3. The minimum atomic E-state index is -1.77. The van der Waals surface area contributed by atoms with Gasteiger partial charge in [-0.2, -0.15) is 0 Å². The van der Waals surface area contributed by atoms with E-state index >= 15 is 0 Å². The van der Waals surface area contributed by atoms with E-state index in [9.17, 15) is 19.6 Å². The number of ether oxygens (including phenoxy) is 2. The molecule has 0 aliphatic rings. The van der Waals surface area contributed by atoms with E-state index < -0.39 is 19.1 Å². The van der Waals surface area contributed by atoms with E-state index in [0.29, 0.717) is 0 Å². The number of nitrogen functional groups attached to an aromatic ring is 1. The van der Waals surface area contributed by atoms with Gasteiger partial charge < -0.3 is 25.3 Å². The van der Waals surface area contributed by atoms with Crippen LogP contribution >= 0.6 is 0 Å². The number of benzene rings is 2. The summed E-state index contributed by atoms with van der Waals surface area (Å²) in [5, 5.41) is 18.4. The lowest BCUT2D eigenvalue weighted by molar-refractivity contribution is 0.0520. The SMILES string of the molecule is CCOC(=O)c1ccccc1OC(=O)c1cc(N)cc(B(O)O)c1. The lowest BCUT2D eigenvalue weighted by atomic mass is 9.79. The Labute approximate surface area is 138 Å². The Balaban J connectivity index is 2.29. The molecule has 8 heteroatoms. The second-order valence-corrected chi connectivity index (χ2v) is 4.87. The predicted molar refractivity (Wildman–Crippen MR) is 88.0 cm³/mol. The Kier molecular flexibility index (Phi) is 5.57. The summed E-state index contributed by atoms with van der Waals surface area (Å²) < 4.78 is 10.1. The van der Waals surface area contributed by atoms with Crippen molar-refractivity contribution in [3.63, 3.8) is 0 Å². The van der Waals surface area contributed by atoms with E-state index in [2.05, 4.69) is 0 Å². The molecule has 0 aliphatic heterocycles. The Morgan fingerprint density at radius 3 is 2.50 bits per heavy atom. The Bertz CT molecular complexity index is 762. The second kappa shape index (κ2) is 7.63. The van der Waals surface area contributed by atoms with Crippen molar-refractivity contribution in [3.8, 4) is 5.75 Å². The third kappa shape index (κ3) is 4.12. The lowest BCUT2D eigenvalue weighted by Gasteiger charge is -2.10. The average molecular weight is 329 g/mol. The molecule has 0 heterocycles. The van der Waals surface area contributed by atoms with Gasteiger partial charge in [-0.15, -0.1) is 0 Å². The molecule has 0 amide bonds. The topological polar surface area (TPSA) is 119 Å². The van der Waals surface area contributed by atoms with Gasteiger partial charge in [0.1, 0.15) is 11.3 Å². The summed E-state index contributed by atoms with van der Waals surface area (Å²) >= 11 is 0. The molecular weight excluding hydrogens is 313 g/mol. The first-order valence-electron chi connectivity index (χ1n) is 7.17. The average Bonchev–Trinajstić information content (AvgIpc) is 2.54. The highest BCUT2D eigenvalue weighted by Crippen LogP contribution is 2.20. The number of hydrogen-bond donors (Lipinski definition) is 3. The summed E-state index contributed by atoms with van der Waals surface area (Å²) in [4.78, 5) is 24.2. The highest BCUT2D eigenvalue weighted by Gasteiger charge is 2.19. The first kappa shape index (κ1) is 17.5. The smallest absolute Gasteiger partial charge is 0.462 e. The van der Waals surface area contributed by atoms with Crippen molar-refractivity contribution in [2.24, 2.45) is 0 Å². The van der Waals surface area contributed by atoms with Gasteiger partial charge in [0.2, 0.25) is 0 Å². The normalized spacial score (nSPS) is 10.1. The van der Waals surface area contributed by atoms with Crippen molar-refractivity contribution in [3.05, 3.63) is 53.6 Å². The van der Waals surface area contributed by atoms with Gasteiger partial charge in [0.25, 0.3) is 0 Å². The zero-order chi connectivity index (χ0) is 17.7. The van der Waals surface area contributed by atoms with Crippen LogP contribution in [0.2, 0.25) is 0 Å². The minimum absolute atomic E-state index is 0.0248. The monoisotopic (exact) mass is 329 g/mol. The molecule has 0 fully saturated rings. The summed E-state index contributed by atoms with van der Waals surface area (Å²) in [5.41, 5.74) is 6.01. The van der Waals surface area contributed by atoms with Crippen molar-refractivity contribution in [2.45, 2.75) is 6.92 Å². The van der Waals surface area contributed by atoms with Crippen LogP contribution in [-0.2, 0) is 4.74 Å². The van der Waals surface area contributed by atoms with Gasteiger partial charge in [0.05, 0.1) is 12.2 Å². The molecule has 0 saturated carbocycles. The molecule has 124 valence electrons. The Morgan fingerprint density at radius 1 is 1.12 bits per heavy atom. The van der Waals surface area contributed by atoms with Gasteiger partial charge in [-0.25, -0.2) is 9.59 Å². The molecule has 0 spiro atoms. The number of carbonyl (C=O) groups excluding carboxylic acids is 2. The maximum Gasteiger partial charge on any atom is 0.488 e. The highest BCUT2D eigenvalue weighted by molar-refractivity contribution is 6.58. The van der Waals surface area contributed by atoms with E-state index in [1.165, 1.54) is 30.3 Å². The van der Waals surface area contributed by atoms with Crippen LogP contribution < -0.4 is 15.9 Å². The number of nitrogens with two attached hydrogens (primary N) is 1. The fourth-order valence-corrected chi connectivity index (χ4v) is 2.04. The number of hydrogen-bond acceptors (Lipinski definition) is 7. The zero-order valence-electron chi connectivity index (χ0n) is 12.9. The van der Waals surface area contributed by atoms with E-state index in [-0.39, 0.29) is 34.6 Å². The van der Waals surface area contributed by atoms with Crippen molar-refractivity contribution < 1.29 is 29.1 Å². The van der Waals surface area contributed by atoms with Crippen LogP contribution in [0.1, 0.15) is 27.6 Å². The summed E-state index contributed by atoms with van der Waals surface area (Å²) in [6, 6.07) is 10.1. The molecule has 2 aromatic rings. The predicted octanol–water partition coefficient (Wildman–Crippen LogP) is 0.345. The van der Waals surface area contributed by atoms with Crippen LogP contribution in [0.3, 0.4) is 0 Å². The third-order valence-electron chi connectivity index (χ3n) is 3.10.